The molecule has 0 saturated carbocycles. The number of ether oxygens (including phenoxy) is 1. The van der Waals surface area contributed by atoms with E-state index in [1.165, 1.54) is 12.1 Å². The summed E-state index contributed by atoms with van der Waals surface area (Å²) >= 11 is 11.8. The number of nitrogen functional groups attached to an aromatic ring is 1. The lowest BCUT2D eigenvalue weighted by atomic mass is 10.1. The Hall–Kier alpha value is -1.01. The first-order valence-electron chi connectivity index (χ1n) is 6.22. The maximum absolute atomic E-state index is 12.5. The third-order valence-electron chi connectivity index (χ3n) is 3.12. The molecule has 0 aromatic heterocycles. The zero-order valence-corrected chi connectivity index (χ0v) is 12.5. The molecule has 0 radical (unpaired) electrons. The Labute approximate surface area is 127 Å². The van der Waals surface area contributed by atoms with Gasteiger partial charge in [0.2, 0.25) is 0 Å². The quantitative estimate of drug-likeness (QED) is 0.815. The van der Waals surface area contributed by atoms with Gasteiger partial charge in [-0.05, 0) is 19.1 Å². The molecule has 1 aliphatic rings. The number of benzene rings is 1. The van der Waals surface area contributed by atoms with Gasteiger partial charge in [0.05, 0.1) is 34.5 Å². The first kappa shape index (κ1) is 15.4. The van der Waals surface area contributed by atoms with E-state index in [0.717, 1.165) is 0 Å². The highest BCUT2D eigenvalue weighted by Crippen LogP contribution is 2.30. The third-order valence-corrected chi connectivity index (χ3v) is 3.94. The molecule has 1 heterocycles. The van der Waals surface area contributed by atoms with Crippen LogP contribution in [0.25, 0.3) is 0 Å². The van der Waals surface area contributed by atoms with E-state index in [1.807, 2.05) is 6.92 Å². The van der Waals surface area contributed by atoms with Crippen LogP contribution in [0, 0.1) is 0 Å². The minimum Gasteiger partial charge on any atom is -0.397 e. The Morgan fingerprint density at radius 1 is 1.50 bits per heavy atom. The lowest BCUT2D eigenvalue weighted by Crippen LogP contribution is -2.50. The molecule has 1 amide bonds. The second-order valence-electron chi connectivity index (χ2n) is 4.82. The summed E-state index contributed by atoms with van der Waals surface area (Å²) < 4.78 is 5.50. The molecule has 20 heavy (non-hydrogen) atoms. The van der Waals surface area contributed by atoms with Crippen molar-refractivity contribution in [3.63, 3.8) is 0 Å². The SMILES string of the molecule is CC1CN(C(=O)c2cc(N)c(Cl)c(Cl)c2)CC(CO)O1. The van der Waals surface area contributed by atoms with Crippen molar-refractivity contribution in [2.24, 2.45) is 0 Å². The second kappa shape index (κ2) is 6.18. The Kier molecular flexibility index (Phi) is 4.75. The van der Waals surface area contributed by atoms with E-state index >= 15 is 0 Å². The fraction of sp³-hybridized carbons (Fsp3) is 0.462. The molecule has 7 heteroatoms. The first-order valence-corrected chi connectivity index (χ1v) is 6.98. The summed E-state index contributed by atoms with van der Waals surface area (Å²) in [6, 6.07) is 3.00. The number of carbonyl (C=O) groups is 1. The number of amides is 1. The third kappa shape index (κ3) is 3.17. The van der Waals surface area contributed by atoms with Gasteiger partial charge in [-0.1, -0.05) is 23.2 Å². The fourth-order valence-corrected chi connectivity index (χ4v) is 2.56. The summed E-state index contributed by atoms with van der Waals surface area (Å²) in [6.07, 6.45) is -0.507. The summed E-state index contributed by atoms with van der Waals surface area (Å²) in [6.45, 7) is 2.51. The molecule has 1 saturated heterocycles. The molecule has 1 aliphatic heterocycles. The second-order valence-corrected chi connectivity index (χ2v) is 5.61. The molecule has 0 bridgehead atoms. The van der Waals surface area contributed by atoms with Crippen molar-refractivity contribution in [3.05, 3.63) is 27.7 Å². The molecule has 0 aliphatic carbocycles. The van der Waals surface area contributed by atoms with Crippen LogP contribution < -0.4 is 5.73 Å². The highest BCUT2D eigenvalue weighted by molar-refractivity contribution is 6.43. The minimum atomic E-state index is -0.372. The number of nitrogens with zero attached hydrogens (tertiary/aromatic N) is 1. The van der Waals surface area contributed by atoms with Crippen LogP contribution in [0.1, 0.15) is 17.3 Å². The van der Waals surface area contributed by atoms with E-state index < -0.39 is 0 Å². The van der Waals surface area contributed by atoms with Crippen LogP contribution >= 0.6 is 23.2 Å². The summed E-state index contributed by atoms with van der Waals surface area (Å²) in [7, 11) is 0. The topological polar surface area (TPSA) is 75.8 Å². The molecule has 0 spiro atoms. The van der Waals surface area contributed by atoms with E-state index in [1.54, 1.807) is 4.90 Å². The predicted octanol–water partition coefficient (Wildman–Crippen LogP) is 1.80. The van der Waals surface area contributed by atoms with Gasteiger partial charge in [0.25, 0.3) is 5.91 Å². The summed E-state index contributed by atoms with van der Waals surface area (Å²) in [5.41, 5.74) is 6.36. The van der Waals surface area contributed by atoms with E-state index in [0.29, 0.717) is 18.7 Å². The summed E-state index contributed by atoms with van der Waals surface area (Å²) in [4.78, 5) is 14.1. The van der Waals surface area contributed by atoms with Crippen molar-refractivity contribution in [2.75, 3.05) is 25.4 Å². The molecule has 1 fully saturated rings. The van der Waals surface area contributed by atoms with Crippen molar-refractivity contribution in [2.45, 2.75) is 19.1 Å². The molecule has 2 unspecified atom stereocenters. The monoisotopic (exact) mass is 318 g/mol. The molecular weight excluding hydrogens is 303 g/mol. The molecule has 1 aromatic carbocycles. The molecule has 110 valence electrons. The largest absolute Gasteiger partial charge is 0.397 e. The van der Waals surface area contributed by atoms with Gasteiger partial charge < -0.3 is 20.5 Å². The van der Waals surface area contributed by atoms with Crippen LogP contribution in [0.5, 0.6) is 0 Å². The Bertz CT molecular complexity index is 501. The number of anilines is 1. The number of rotatable bonds is 2. The normalized spacial score (nSPS) is 22.9. The number of halogens is 2. The van der Waals surface area contributed by atoms with Crippen LogP contribution in [0.15, 0.2) is 12.1 Å². The van der Waals surface area contributed by atoms with Gasteiger partial charge in [-0.2, -0.15) is 0 Å². The molecular formula is C13H16Cl2N2O3. The van der Waals surface area contributed by atoms with E-state index in [4.69, 9.17) is 33.7 Å². The van der Waals surface area contributed by atoms with Crippen molar-refractivity contribution in [1.29, 1.82) is 0 Å². The zero-order chi connectivity index (χ0) is 14.9. The molecule has 2 rings (SSSR count). The van der Waals surface area contributed by atoms with Crippen LogP contribution in [0.2, 0.25) is 10.0 Å². The fourth-order valence-electron chi connectivity index (χ4n) is 2.23. The Balaban J connectivity index is 2.22. The van der Waals surface area contributed by atoms with Gasteiger partial charge in [0.1, 0.15) is 0 Å². The maximum Gasteiger partial charge on any atom is 0.254 e. The van der Waals surface area contributed by atoms with Crippen molar-refractivity contribution in [1.82, 2.24) is 4.90 Å². The van der Waals surface area contributed by atoms with Gasteiger partial charge in [-0.3, -0.25) is 4.79 Å². The van der Waals surface area contributed by atoms with Crippen LogP contribution in [-0.4, -0.2) is 47.8 Å². The number of aliphatic hydroxyl groups excluding tert-OH is 1. The van der Waals surface area contributed by atoms with Gasteiger partial charge >= 0.3 is 0 Å². The average molecular weight is 319 g/mol. The van der Waals surface area contributed by atoms with Crippen LogP contribution in [0.4, 0.5) is 5.69 Å². The van der Waals surface area contributed by atoms with E-state index in [2.05, 4.69) is 0 Å². The van der Waals surface area contributed by atoms with Crippen molar-refractivity contribution >= 4 is 34.8 Å². The summed E-state index contributed by atoms with van der Waals surface area (Å²) in [5.74, 6) is -0.205. The number of nitrogens with two attached hydrogens (primary N) is 1. The maximum atomic E-state index is 12.5. The van der Waals surface area contributed by atoms with Crippen LogP contribution in [0.3, 0.4) is 0 Å². The van der Waals surface area contributed by atoms with E-state index in [9.17, 15) is 9.90 Å². The average Bonchev–Trinajstić information content (AvgIpc) is 2.42. The van der Waals surface area contributed by atoms with Gasteiger partial charge in [0.15, 0.2) is 0 Å². The zero-order valence-electron chi connectivity index (χ0n) is 11.0. The highest BCUT2D eigenvalue weighted by Gasteiger charge is 2.29. The van der Waals surface area contributed by atoms with Gasteiger partial charge in [-0.25, -0.2) is 0 Å². The van der Waals surface area contributed by atoms with Gasteiger partial charge in [0, 0.05) is 18.7 Å². The molecule has 2 atom stereocenters. The van der Waals surface area contributed by atoms with Gasteiger partial charge in [-0.15, -0.1) is 0 Å². The van der Waals surface area contributed by atoms with Crippen LogP contribution in [-0.2, 0) is 4.74 Å². The number of hydrogen-bond acceptors (Lipinski definition) is 4. The lowest BCUT2D eigenvalue weighted by molar-refractivity contribution is -0.0858. The van der Waals surface area contributed by atoms with Crippen molar-refractivity contribution in [3.8, 4) is 0 Å². The molecule has 5 nitrogen and oxygen atoms in total. The number of hydrogen-bond donors (Lipinski definition) is 2. The smallest absolute Gasteiger partial charge is 0.254 e. The highest BCUT2D eigenvalue weighted by atomic mass is 35.5. The standard InChI is InChI=1S/C13H16Cl2N2O3/c1-7-4-17(5-9(6-18)20-7)13(19)8-2-10(14)12(15)11(16)3-8/h2-3,7,9,18H,4-6,16H2,1H3. The number of morpholine rings is 1. The number of aliphatic hydroxyl groups is 1. The Morgan fingerprint density at radius 3 is 2.80 bits per heavy atom. The summed E-state index contributed by atoms with van der Waals surface area (Å²) in [5, 5.41) is 9.67. The minimum absolute atomic E-state index is 0.127. The van der Waals surface area contributed by atoms with E-state index in [-0.39, 0.29) is 40.5 Å². The Morgan fingerprint density at radius 2 is 2.20 bits per heavy atom. The van der Waals surface area contributed by atoms with Crippen molar-refractivity contribution < 1.29 is 14.6 Å². The molecule has 3 N–H and O–H groups in total. The predicted molar refractivity (Wildman–Crippen MR) is 78.2 cm³/mol. The number of carbonyl (C=O) groups excluding carboxylic acids is 1. The lowest BCUT2D eigenvalue weighted by Gasteiger charge is -2.36. The first-order chi connectivity index (χ1) is 9.42. The molecule has 1 aromatic rings.